The maximum absolute atomic E-state index is 15.0. The number of benzene rings is 3. The van der Waals surface area contributed by atoms with Crippen molar-refractivity contribution in [2.75, 3.05) is 10.6 Å². The van der Waals surface area contributed by atoms with Gasteiger partial charge in [0.2, 0.25) is 11.8 Å². The molecule has 0 heterocycles. The van der Waals surface area contributed by atoms with E-state index >= 15 is 0 Å². The standard InChI is InChI=1S/C25H17Cl4F2N3O3/c1-11(35)33-14-3-5-15(6-4-14)34-22(36)16-9-13(10-19(31)20(16)27)24(23(32)37)21(25(24,28)29)12-2-7-18(30)17(26)8-12/h2-10,21H,1H3,(H2,32,37)(H,33,35)(H,34,36). The SMILES string of the molecule is CC(=O)Nc1ccc(NC(=O)c2cc(C3(C(N)=O)C(c4ccc(F)c(Cl)c4)C3(Cl)Cl)cc(F)c2Cl)cc1. The highest BCUT2D eigenvalue weighted by molar-refractivity contribution is 6.55. The highest BCUT2D eigenvalue weighted by Gasteiger charge is 2.81. The lowest BCUT2D eigenvalue weighted by molar-refractivity contribution is -0.120. The van der Waals surface area contributed by atoms with E-state index in [1.807, 2.05) is 0 Å². The summed E-state index contributed by atoms with van der Waals surface area (Å²) in [5.41, 5.74) is 4.55. The molecule has 4 N–H and O–H groups in total. The largest absolute Gasteiger partial charge is 0.369 e. The van der Waals surface area contributed by atoms with Gasteiger partial charge in [-0.1, -0.05) is 52.5 Å². The summed E-state index contributed by atoms with van der Waals surface area (Å²) in [5.74, 6) is -4.81. The van der Waals surface area contributed by atoms with Crippen LogP contribution in [-0.4, -0.2) is 22.1 Å². The lowest BCUT2D eigenvalue weighted by Gasteiger charge is -2.18. The van der Waals surface area contributed by atoms with Gasteiger partial charge in [-0.15, -0.1) is 0 Å². The van der Waals surface area contributed by atoms with Crippen LogP contribution in [0.25, 0.3) is 0 Å². The number of nitrogens with one attached hydrogen (secondary N) is 2. The monoisotopic (exact) mass is 585 g/mol. The van der Waals surface area contributed by atoms with Crippen molar-refractivity contribution in [3.05, 3.63) is 93.0 Å². The Labute approximate surface area is 230 Å². The van der Waals surface area contributed by atoms with E-state index in [9.17, 15) is 23.2 Å². The van der Waals surface area contributed by atoms with E-state index in [2.05, 4.69) is 10.6 Å². The quantitative estimate of drug-likeness (QED) is 0.301. The number of alkyl halides is 2. The molecule has 0 bridgehead atoms. The third-order valence-electron chi connectivity index (χ3n) is 6.09. The van der Waals surface area contributed by atoms with Crippen molar-refractivity contribution < 1.29 is 23.2 Å². The molecule has 12 heteroatoms. The Hall–Kier alpha value is -2.91. The van der Waals surface area contributed by atoms with Crippen LogP contribution in [0, 0.1) is 11.6 Å². The molecule has 0 aliphatic heterocycles. The minimum absolute atomic E-state index is 0.0940. The highest BCUT2D eigenvalue weighted by atomic mass is 35.5. The molecular weight excluding hydrogens is 570 g/mol. The number of carbonyl (C=O) groups excluding carboxylic acids is 3. The molecule has 0 saturated heterocycles. The maximum Gasteiger partial charge on any atom is 0.257 e. The van der Waals surface area contributed by atoms with Crippen LogP contribution >= 0.6 is 46.4 Å². The smallest absolute Gasteiger partial charge is 0.257 e. The third-order valence-corrected chi connectivity index (χ3v) is 7.80. The van der Waals surface area contributed by atoms with Crippen LogP contribution in [0.15, 0.2) is 54.6 Å². The van der Waals surface area contributed by atoms with Gasteiger partial charge in [-0.2, -0.15) is 0 Å². The number of hydrogen-bond donors (Lipinski definition) is 3. The molecule has 3 aromatic carbocycles. The summed E-state index contributed by atoms with van der Waals surface area (Å²) in [4.78, 5) is 37.0. The van der Waals surface area contributed by atoms with Gasteiger partial charge in [0.1, 0.15) is 21.4 Å². The van der Waals surface area contributed by atoms with E-state index in [1.165, 1.54) is 37.3 Å². The zero-order chi connectivity index (χ0) is 27.3. The Kier molecular flexibility index (Phi) is 7.16. The number of carbonyl (C=O) groups is 3. The van der Waals surface area contributed by atoms with Crippen molar-refractivity contribution in [3.63, 3.8) is 0 Å². The minimum Gasteiger partial charge on any atom is -0.369 e. The molecule has 3 aromatic rings. The first-order chi connectivity index (χ1) is 17.3. The van der Waals surface area contributed by atoms with E-state index < -0.39 is 44.1 Å². The molecule has 1 fully saturated rings. The van der Waals surface area contributed by atoms with Crippen LogP contribution < -0.4 is 16.4 Å². The Morgan fingerprint density at radius 3 is 2.03 bits per heavy atom. The van der Waals surface area contributed by atoms with Crippen LogP contribution in [-0.2, 0) is 15.0 Å². The molecule has 2 unspecified atom stereocenters. The fourth-order valence-corrected chi connectivity index (χ4v) is 5.86. The van der Waals surface area contributed by atoms with E-state index in [0.29, 0.717) is 11.4 Å². The van der Waals surface area contributed by atoms with Gasteiger partial charge in [0, 0.05) is 24.2 Å². The molecule has 0 aromatic heterocycles. The van der Waals surface area contributed by atoms with E-state index in [-0.39, 0.29) is 27.6 Å². The topological polar surface area (TPSA) is 101 Å². The lowest BCUT2D eigenvalue weighted by Crippen LogP contribution is -2.34. The van der Waals surface area contributed by atoms with Gasteiger partial charge in [-0.05, 0) is 59.7 Å². The minimum atomic E-state index is -1.88. The van der Waals surface area contributed by atoms with Crippen LogP contribution in [0.4, 0.5) is 20.2 Å². The van der Waals surface area contributed by atoms with Crippen LogP contribution in [0.5, 0.6) is 0 Å². The van der Waals surface area contributed by atoms with E-state index in [1.54, 1.807) is 12.1 Å². The number of rotatable bonds is 6. The van der Waals surface area contributed by atoms with Gasteiger partial charge in [-0.25, -0.2) is 8.78 Å². The average Bonchev–Trinajstić information content (AvgIpc) is 3.35. The number of nitrogens with two attached hydrogens (primary N) is 1. The second-order valence-corrected chi connectivity index (χ2v) is 10.6. The molecule has 37 heavy (non-hydrogen) atoms. The normalized spacial score (nSPS) is 19.7. The average molecular weight is 587 g/mol. The lowest BCUT2D eigenvalue weighted by atomic mass is 9.88. The second kappa shape index (κ2) is 9.76. The summed E-state index contributed by atoms with van der Waals surface area (Å²) in [7, 11) is 0. The number of anilines is 2. The van der Waals surface area contributed by atoms with Crippen molar-refractivity contribution in [1.82, 2.24) is 0 Å². The van der Waals surface area contributed by atoms with Gasteiger partial charge >= 0.3 is 0 Å². The molecule has 1 aliphatic rings. The predicted molar refractivity (Wildman–Crippen MR) is 140 cm³/mol. The summed E-state index contributed by atoms with van der Waals surface area (Å²) < 4.78 is 26.8. The summed E-state index contributed by atoms with van der Waals surface area (Å²) in [6, 6.07) is 11.9. The molecule has 1 saturated carbocycles. The summed E-state index contributed by atoms with van der Waals surface area (Å²) in [6.07, 6.45) is 0. The van der Waals surface area contributed by atoms with Crippen LogP contribution in [0.3, 0.4) is 0 Å². The first-order valence-electron chi connectivity index (χ1n) is 10.6. The van der Waals surface area contributed by atoms with Crippen molar-refractivity contribution in [1.29, 1.82) is 0 Å². The molecular formula is C25H17Cl4F2N3O3. The van der Waals surface area contributed by atoms with Gasteiger partial charge in [0.15, 0.2) is 0 Å². The zero-order valence-electron chi connectivity index (χ0n) is 18.8. The number of hydrogen-bond acceptors (Lipinski definition) is 3. The van der Waals surface area contributed by atoms with Gasteiger partial charge in [0.05, 0.1) is 15.6 Å². The molecule has 192 valence electrons. The summed E-state index contributed by atoms with van der Waals surface area (Å²) >= 11 is 25.1. The number of primary amides is 1. The first-order valence-corrected chi connectivity index (χ1v) is 12.1. The van der Waals surface area contributed by atoms with Crippen molar-refractivity contribution in [2.24, 2.45) is 5.73 Å². The fourth-order valence-electron chi connectivity index (χ4n) is 4.38. The van der Waals surface area contributed by atoms with Gasteiger partial charge < -0.3 is 16.4 Å². The van der Waals surface area contributed by atoms with E-state index in [4.69, 9.17) is 52.1 Å². The Morgan fingerprint density at radius 2 is 1.49 bits per heavy atom. The summed E-state index contributed by atoms with van der Waals surface area (Å²) in [6.45, 7) is 1.35. The number of amides is 3. The molecule has 0 radical (unpaired) electrons. The van der Waals surface area contributed by atoms with Crippen molar-refractivity contribution in [2.45, 2.75) is 22.6 Å². The molecule has 6 nitrogen and oxygen atoms in total. The van der Waals surface area contributed by atoms with Crippen molar-refractivity contribution >= 4 is 75.5 Å². The van der Waals surface area contributed by atoms with Gasteiger partial charge in [-0.3, -0.25) is 14.4 Å². The highest BCUT2D eigenvalue weighted by Crippen LogP contribution is 2.74. The predicted octanol–water partition coefficient (Wildman–Crippen LogP) is 6.18. The third kappa shape index (κ3) is 4.63. The number of halogens is 6. The van der Waals surface area contributed by atoms with Crippen LogP contribution in [0.1, 0.15) is 34.3 Å². The Morgan fingerprint density at radius 1 is 0.892 bits per heavy atom. The maximum atomic E-state index is 15.0. The van der Waals surface area contributed by atoms with Gasteiger partial charge in [0.25, 0.3) is 5.91 Å². The van der Waals surface area contributed by atoms with E-state index in [0.717, 1.165) is 12.1 Å². The molecule has 0 spiro atoms. The molecule has 2 atom stereocenters. The first kappa shape index (κ1) is 27.1. The molecule has 1 aliphatic carbocycles. The molecule has 4 rings (SSSR count). The fraction of sp³-hybridized carbons (Fsp3) is 0.160. The second-order valence-electron chi connectivity index (χ2n) is 8.43. The zero-order valence-corrected chi connectivity index (χ0v) is 21.9. The Bertz CT molecular complexity index is 1450. The van der Waals surface area contributed by atoms with Crippen LogP contribution in [0.2, 0.25) is 10.0 Å². The Balaban J connectivity index is 1.73. The van der Waals surface area contributed by atoms with Crippen molar-refractivity contribution in [3.8, 4) is 0 Å². The summed E-state index contributed by atoms with van der Waals surface area (Å²) in [5, 5.41) is 4.41. The molecule has 3 amide bonds.